The summed E-state index contributed by atoms with van der Waals surface area (Å²) in [5.74, 6) is 0.893. The highest BCUT2D eigenvalue weighted by Gasteiger charge is 2.26. The standard InChI is InChI=1S/C10H15N3O3/c1-7-11-9(12-16-7)5-13(6-10(14)15)4-8-2-3-8/h8H,2-6H2,1H3,(H,14,15). The highest BCUT2D eigenvalue weighted by Crippen LogP contribution is 2.29. The third-order valence-corrected chi connectivity index (χ3v) is 2.51. The summed E-state index contributed by atoms with van der Waals surface area (Å²) in [6, 6.07) is 0. The van der Waals surface area contributed by atoms with E-state index in [0.717, 1.165) is 6.54 Å². The second-order valence-corrected chi connectivity index (χ2v) is 4.24. The molecule has 0 spiro atoms. The predicted molar refractivity (Wildman–Crippen MR) is 54.7 cm³/mol. The summed E-state index contributed by atoms with van der Waals surface area (Å²) < 4.78 is 4.86. The first-order valence-electron chi connectivity index (χ1n) is 5.37. The van der Waals surface area contributed by atoms with Gasteiger partial charge in [-0.2, -0.15) is 4.98 Å². The van der Waals surface area contributed by atoms with Gasteiger partial charge in [0, 0.05) is 13.5 Å². The van der Waals surface area contributed by atoms with Gasteiger partial charge in [0.15, 0.2) is 5.82 Å². The van der Waals surface area contributed by atoms with Crippen molar-refractivity contribution >= 4 is 5.97 Å². The highest BCUT2D eigenvalue weighted by molar-refractivity contribution is 5.69. The summed E-state index contributed by atoms with van der Waals surface area (Å²) in [4.78, 5) is 16.6. The lowest BCUT2D eigenvalue weighted by atomic mass is 10.3. The first-order valence-corrected chi connectivity index (χ1v) is 5.37. The number of carbonyl (C=O) groups is 1. The van der Waals surface area contributed by atoms with E-state index >= 15 is 0 Å². The Balaban J connectivity index is 1.91. The quantitative estimate of drug-likeness (QED) is 0.766. The topological polar surface area (TPSA) is 79.5 Å². The van der Waals surface area contributed by atoms with Crippen molar-refractivity contribution in [2.24, 2.45) is 5.92 Å². The van der Waals surface area contributed by atoms with Gasteiger partial charge in [0.25, 0.3) is 0 Å². The molecule has 0 unspecified atom stereocenters. The normalized spacial score (nSPS) is 15.6. The molecule has 0 atom stereocenters. The Kier molecular flexibility index (Phi) is 3.19. The molecule has 1 heterocycles. The largest absolute Gasteiger partial charge is 0.480 e. The van der Waals surface area contributed by atoms with Gasteiger partial charge in [0.2, 0.25) is 5.89 Å². The third kappa shape index (κ3) is 3.30. The van der Waals surface area contributed by atoms with Crippen LogP contribution in [0.2, 0.25) is 0 Å². The van der Waals surface area contributed by atoms with Crippen molar-refractivity contribution in [3.05, 3.63) is 11.7 Å². The molecule has 0 saturated heterocycles. The molecule has 1 aromatic rings. The van der Waals surface area contributed by atoms with E-state index < -0.39 is 5.97 Å². The molecule has 1 fully saturated rings. The number of rotatable bonds is 6. The molecular weight excluding hydrogens is 210 g/mol. The van der Waals surface area contributed by atoms with Crippen molar-refractivity contribution in [2.75, 3.05) is 13.1 Å². The number of aromatic nitrogens is 2. The Morgan fingerprint density at radius 2 is 2.38 bits per heavy atom. The van der Waals surface area contributed by atoms with Crippen LogP contribution in [0.25, 0.3) is 0 Å². The first kappa shape index (κ1) is 11.1. The molecular formula is C10H15N3O3. The number of hydrogen-bond donors (Lipinski definition) is 1. The molecule has 16 heavy (non-hydrogen) atoms. The first-order chi connectivity index (χ1) is 7.63. The van der Waals surface area contributed by atoms with Gasteiger partial charge in [-0.15, -0.1) is 0 Å². The fraction of sp³-hybridized carbons (Fsp3) is 0.700. The Labute approximate surface area is 93.2 Å². The number of hydrogen-bond acceptors (Lipinski definition) is 5. The van der Waals surface area contributed by atoms with Gasteiger partial charge in [-0.1, -0.05) is 5.16 Å². The average Bonchev–Trinajstić information content (AvgIpc) is 2.89. The van der Waals surface area contributed by atoms with Crippen LogP contribution in [0.1, 0.15) is 24.6 Å². The Bertz CT molecular complexity index is 373. The summed E-state index contributed by atoms with van der Waals surface area (Å²) in [5, 5.41) is 12.6. The van der Waals surface area contributed by atoms with Crippen molar-refractivity contribution in [3.63, 3.8) is 0 Å². The van der Waals surface area contributed by atoms with Crippen LogP contribution in [0.5, 0.6) is 0 Å². The summed E-state index contributed by atoms with van der Waals surface area (Å²) in [6.45, 7) is 3.00. The van der Waals surface area contributed by atoms with E-state index in [-0.39, 0.29) is 6.54 Å². The van der Waals surface area contributed by atoms with Gasteiger partial charge in [-0.25, -0.2) is 0 Å². The summed E-state index contributed by atoms with van der Waals surface area (Å²) in [7, 11) is 0. The maximum Gasteiger partial charge on any atom is 0.317 e. The molecule has 0 bridgehead atoms. The zero-order valence-corrected chi connectivity index (χ0v) is 9.22. The number of aliphatic carboxylic acids is 1. The molecule has 1 aliphatic carbocycles. The van der Waals surface area contributed by atoms with Crippen molar-refractivity contribution in [1.82, 2.24) is 15.0 Å². The van der Waals surface area contributed by atoms with Crippen LogP contribution in [0.15, 0.2) is 4.52 Å². The van der Waals surface area contributed by atoms with E-state index in [1.165, 1.54) is 12.8 Å². The van der Waals surface area contributed by atoms with Crippen LogP contribution in [-0.4, -0.2) is 39.2 Å². The van der Waals surface area contributed by atoms with Gasteiger partial charge >= 0.3 is 5.97 Å². The van der Waals surface area contributed by atoms with Crippen molar-refractivity contribution in [1.29, 1.82) is 0 Å². The van der Waals surface area contributed by atoms with Crippen LogP contribution >= 0.6 is 0 Å². The molecule has 1 aromatic heterocycles. The van der Waals surface area contributed by atoms with Gasteiger partial charge in [0.05, 0.1) is 13.1 Å². The zero-order valence-electron chi connectivity index (χ0n) is 9.22. The van der Waals surface area contributed by atoms with Crippen LogP contribution in [-0.2, 0) is 11.3 Å². The third-order valence-electron chi connectivity index (χ3n) is 2.51. The van der Waals surface area contributed by atoms with Crippen LogP contribution in [0.4, 0.5) is 0 Å². The van der Waals surface area contributed by atoms with E-state index in [4.69, 9.17) is 9.63 Å². The van der Waals surface area contributed by atoms with E-state index in [1.807, 2.05) is 4.90 Å². The SMILES string of the molecule is Cc1nc(CN(CC(=O)O)CC2CC2)no1. The van der Waals surface area contributed by atoms with Crippen LogP contribution in [0, 0.1) is 12.8 Å². The molecule has 0 amide bonds. The lowest BCUT2D eigenvalue weighted by molar-refractivity contribution is -0.138. The average molecular weight is 225 g/mol. The molecule has 2 rings (SSSR count). The molecule has 6 nitrogen and oxygen atoms in total. The van der Waals surface area contributed by atoms with Gasteiger partial charge < -0.3 is 9.63 Å². The minimum atomic E-state index is -0.819. The Morgan fingerprint density at radius 1 is 1.62 bits per heavy atom. The van der Waals surface area contributed by atoms with Gasteiger partial charge in [-0.3, -0.25) is 9.69 Å². The van der Waals surface area contributed by atoms with Crippen molar-refractivity contribution in [3.8, 4) is 0 Å². The minimum absolute atomic E-state index is 0.0318. The van der Waals surface area contributed by atoms with E-state index in [9.17, 15) is 4.79 Å². The fourth-order valence-corrected chi connectivity index (χ4v) is 1.65. The smallest absolute Gasteiger partial charge is 0.317 e. The maximum atomic E-state index is 10.7. The Morgan fingerprint density at radius 3 is 2.88 bits per heavy atom. The second kappa shape index (κ2) is 4.61. The van der Waals surface area contributed by atoms with Gasteiger partial charge in [0.1, 0.15) is 0 Å². The molecule has 1 N–H and O–H groups in total. The highest BCUT2D eigenvalue weighted by atomic mass is 16.5. The van der Waals surface area contributed by atoms with Crippen LogP contribution < -0.4 is 0 Å². The van der Waals surface area contributed by atoms with Crippen molar-refractivity contribution < 1.29 is 14.4 Å². The minimum Gasteiger partial charge on any atom is -0.480 e. The molecule has 1 saturated carbocycles. The lowest BCUT2D eigenvalue weighted by Gasteiger charge is -2.17. The van der Waals surface area contributed by atoms with Gasteiger partial charge in [-0.05, 0) is 18.8 Å². The monoisotopic (exact) mass is 225 g/mol. The molecule has 0 aliphatic heterocycles. The summed E-state index contributed by atoms with van der Waals surface area (Å²) in [5.41, 5.74) is 0. The maximum absolute atomic E-state index is 10.7. The molecule has 0 aromatic carbocycles. The van der Waals surface area contributed by atoms with E-state index in [2.05, 4.69) is 10.1 Å². The lowest BCUT2D eigenvalue weighted by Crippen LogP contribution is -2.31. The van der Waals surface area contributed by atoms with Crippen molar-refractivity contribution in [2.45, 2.75) is 26.3 Å². The Hall–Kier alpha value is -1.43. The number of aryl methyl sites for hydroxylation is 1. The predicted octanol–water partition coefficient (Wildman–Crippen LogP) is 0.675. The van der Waals surface area contributed by atoms with E-state index in [0.29, 0.717) is 24.2 Å². The molecule has 1 aliphatic rings. The summed E-state index contributed by atoms with van der Waals surface area (Å²) >= 11 is 0. The molecule has 0 radical (unpaired) electrons. The fourth-order valence-electron chi connectivity index (χ4n) is 1.65. The molecule has 88 valence electrons. The number of carboxylic acids is 1. The number of nitrogens with zero attached hydrogens (tertiary/aromatic N) is 3. The zero-order chi connectivity index (χ0) is 11.5. The summed E-state index contributed by atoms with van der Waals surface area (Å²) in [6.07, 6.45) is 2.39. The van der Waals surface area contributed by atoms with E-state index in [1.54, 1.807) is 6.92 Å². The van der Waals surface area contributed by atoms with Crippen LogP contribution in [0.3, 0.4) is 0 Å². The number of carboxylic acid groups (broad SMARTS) is 1. The second-order valence-electron chi connectivity index (χ2n) is 4.24. The molecule has 6 heteroatoms.